The van der Waals surface area contributed by atoms with Crippen LogP contribution in [0.1, 0.15) is 24.8 Å². The molecule has 1 aromatic rings. The van der Waals surface area contributed by atoms with Gasteiger partial charge >= 0.3 is 0 Å². The van der Waals surface area contributed by atoms with Crippen molar-refractivity contribution in [2.45, 2.75) is 24.8 Å². The Kier molecular flexibility index (Phi) is 1.69. The minimum absolute atomic E-state index is 0.137. The van der Waals surface area contributed by atoms with Crippen molar-refractivity contribution in [3.8, 4) is 0 Å². The van der Waals surface area contributed by atoms with Gasteiger partial charge in [0.1, 0.15) is 7.85 Å². The first kappa shape index (κ1) is 7.81. The Morgan fingerprint density at radius 2 is 2.17 bits per heavy atom. The van der Waals surface area contributed by atoms with Crippen LogP contribution in [0.15, 0.2) is 18.5 Å². The molecule has 1 aliphatic rings. The molecule has 2 nitrogen and oxygen atoms in total. The zero-order valence-corrected chi connectivity index (χ0v) is 6.96. The molecule has 2 rings (SSSR count). The predicted octanol–water partition coefficient (Wildman–Crippen LogP) is 0.213. The summed E-state index contributed by atoms with van der Waals surface area (Å²) in [5.74, 6) is 0. The minimum atomic E-state index is -0.137. The molecule has 12 heavy (non-hydrogen) atoms. The van der Waals surface area contributed by atoms with Gasteiger partial charge in [-0.25, -0.2) is 0 Å². The van der Waals surface area contributed by atoms with E-state index in [9.17, 15) is 0 Å². The van der Waals surface area contributed by atoms with E-state index < -0.39 is 0 Å². The van der Waals surface area contributed by atoms with Crippen LogP contribution in [0.3, 0.4) is 0 Å². The highest BCUT2D eigenvalue weighted by atomic mass is 14.8. The van der Waals surface area contributed by atoms with Crippen LogP contribution in [0.5, 0.6) is 0 Å². The van der Waals surface area contributed by atoms with E-state index >= 15 is 0 Å². The molecule has 0 bridgehead atoms. The smallest absolute Gasteiger partial charge is 0.115 e. The van der Waals surface area contributed by atoms with Gasteiger partial charge in [-0.2, -0.15) is 0 Å². The van der Waals surface area contributed by atoms with Gasteiger partial charge in [-0.05, 0) is 24.8 Å². The normalized spacial score (nSPS) is 20.1. The van der Waals surface area contributed by atoms with Crippen LogP contribution in [-0.4, -0.2) is 12.8 Å². The van der Waals surface area contributed by atoms with Gasteiger partial charge < -0.3 is 5.73 Å². The van der Waals surface area contributed by atoms with Crippen LogP contribution < -0.4 is 11.2 Å². The van der Waals surface area contributed by atoms with Gasteiger partial charge in [-0.3, -0.25) is 4.98 Å². The number of pyridine rings is 1. The summed E-state index contributed by atoms with van der Waals surface area (Å²) in [6, 6.07) is 1.92. The van der Waals surface area contributed by atoms with Crippen molar-refractivity contribution in [2.24, 2.45) is 5.73 Å². The first-order valence-electron chi connectivity index (χ1n) is 4.21. The quantitative estimate of drug-likeness (QED) is 0.593. The number of nitrogens with two attached hydrogens (primary N) is 1. The Labute approximate surface area is 73.6 Å². The summed E-state index contributed by atoms with van der Waals surface area (Å²) < 4.78 is 0. The molecule has 0 saturated heterocycles. The molecular formula is C9H11BN2. The van der Waals surface area contributed by atoms with Gasteiger partial charge in [-0.1, -0.05) is 11.5 Å². The van der Waals surface area contributed by atoms with Crippen molar-refractivity contribution < 1.29 is 0 Å². The fourth-order valence-electron chi connectivity index (χ4n) is 1.58. The molecule has 2 N–H and O–H groups in total. The third-order valence-electron chi connectivity index (χ3n) is 2.58. The minimum Gasteiger partial charge on any atom is -0.321 e. The maximum Gasteiger partial charge on any atom is 0.115 e. The summed E-state index contributed by atoms with van der Waals surface area (Å²) in [6.45, 7) is 0. The third kappa shape index (κ3) is 1.14. The molecule has 2 radical (unpaired) electrons. The molecule has 60 valence electrons. The highest BCUT2D eigenvalue weighted by Crippen LogP contribution is 2.37. The lowest BCUT2D eigenvalue weighted by Crippen LogP contribution is -2.43. The largest absolute Gasteiger partial charge is 0.321 e. The average molecular weight is 158 g/mol. The number of rotatable bonds is 1. The van der Waals surface area contributed by atoms with Crippen LogP contribution in [-0.2, 0) is 5.54 Å². The van der Waals surface area contributed by atoms with Crippen molar-refractivity contribution in [3.05, 3.63) is 24.0 Å². The topological polar surface area (TPSA) is 38.9 Å². The lowest BCUT2D eigenvalue weighted by atomic mass is 9.72. The van der Waals surface area contributed by atoms with E-state index in [4.69, 9.17) is 13.6 Å². The van der Waals surface area contributed by atoms with Crippen LogP contribution >= 0.6 is 0 Å². The number of hydrogen-bond donors (Lipinski definition) is 1. The van der Waals surface area contributed by atoms with Gasteiger partial charge in [0.25, 0.3) is 0 Å². The molecular weight excluding hydrogens is 147 g/mol. The predicted molar refractivity (Wildman–Crippen MR) is 49.3 cm³/mol. The molecule has 1 fully saturated rings. The van der Waals surface area contributed by atoms with E-state index in [1.165, 1.54) is 6.42 Å². The summed E-state index contributed by atoms with van der Waals surface area (Å²) in [5.41, 5.74) is 7.74. The van der Waals surface area contributed by atoms with Gasteiger partial charge in [0.15, 0.2) is 0 Å². The van der Waals surface area contributed by atoms with E-state index in [1.807, 2.05) is 12.3 Å². The number of hydrogen-bond acceptors (Lipinski definition) is 2. The lowest BCUT2D eigenvalue weighted by Gasteiger charge is -2.38. The Balaban J connectivity index is 2.33. The van der Waals surface area contributed by atoms with Crippen molar-refractivity contribution >= 4 is 13.3 Å². The van der Waals surface area contributed by atoms with E-state index in [0.717, 1.165) is 18.4 Å². The number of aromatic nitrogens is 1. The molecule has 1 aliphatic carbocycles. The zero-order chi connectivity index (χ0) is 8.60. The van der Waals surface area contributed by atoms with Gasteiger partial charge in [-0.15, -0.1) is 0 Å². The summed E-state index contributed by atoms with van der Waals surface area (Å²) in [6.07, 6.45) is 6.78. The van der Waals surface area contributed by atoms with E-state index in [0.29, 0.717) is 5.46 Å². The molecule has 1 aromatic heterocycles. The molecule has 0 amide bonds. The standard InChI is InChI=1S/C9H11BN2/c10-8-4-7(5-12-6-8)9(11)2-1-3-9/h4-6H,1-3,11H2. The second-order valence-corrected chi connectivity index (χ2v) is 3.52. The fraction of sp³-hybridized carbons (Fsp3) is 0.444. The second-order valence-electron chi connectivity index (χ2n) is 3.52. The maximum atomic E-state index is 6.10. The Morgan fingerprint density at radius 3 is 2.67 bits per heavy atom. The van der Waals surface area contributed by atoms with Crippen LogP contribution in [0, 0.1) is 0 Å². The van der Waals surface area contributed by atoms with Crippen LogP contribution in [0.25, 0.3) is 0 Å². The van der Waals surface area contributed by atoms with Crippen LogP contribution in [0.4, 0.5) is 0 Å². The first-order chi connectivity index (χ1) is 5.71. The summed E-state index contributed by atoms with van der Waals surface area (Å²) in [4.78, 5) is 4.03. The van der Waals surface area contributed by atoms with E-state index in [1.54, 1.807) is 6.20 Å². The molecule has 0 spiro atoms. The van der Waals surface area contributed by atoms with Crippen LogP contribution in [0.2, 0.25) is 0 Å². The van der Waals surface area contributed by atoms with E-state index in [-0.39, 0.29) is 5.54 Å². The SMILES string of the molecule is [B]c1cncc(C2(N)CCC2)c1. The second kappa shape index (κ2) is 2.59. The summed E-state index contributed by atoms with van der Waals surface area (Å²) >= 11 is 0. The molecule has 3 heteroatoms. The van der Waals surface area contributed by atoms with E-state index in [2.05, 4.69) is 4.98 Å². The third-order valence-corrected chi connectivity index (χ3v) is 2.58. The molecule has 0 unspecified atom stereocenters. The Hall–Kier alpha value is -0.825. The highest BCUT2D eigenvalue weighted by Gasteiger charge is 2.34. The maximum absolute atomic E-state index is 6.10. The molecule has 0 aromatic carbocycles. The van der Waals surface area contributed by atoms with Crippen molar-refractivity contribution in [2.75, 3.05) is 0 Å². The number of nitrogens with zero attached hydrogens (tertiary/aromatic N) is 1. The zero-order valence-electron chi connectivity index (χ0n) is 6.96. The molecule has 1 saturated carbocycles. The fourth-order valence-corrected chi connectivity index (χ4v) is 1.58. The monoisotopic (exact) mass is 158 g/mol. The first-order valence-corrected chi connectivity index (χ1v) is 4.21. The Morgan fingerprint density at radius 1 is 1.42 bits per heavy atom. The lowest BCUT2D eigenvalue weighted by molar-refractivity contribution is 0.253. The van der Waals surface area contributed by atoms with Gasteiger partial charge in [0.05, 0.1) is 0 Å². The molecule has 0 atom stereocenters. The van der Waals surface area contributed by atoms with Gasteiger partial charge in [0, 0.05) is 17.9 Å². The van der Waals surface area contributed by atoms with Gasteiger partial charge in [0.2, 0.25) is 0 Å². The highest BCUT2D eigenvalue weighted by molar-refractivity contribution is 6.32. The van der Waals surface area contributed by atoms with Crippen molar-refractivity contribution in [3.63, 3.8) is 0 Å². The van der Waals surface area contributed by atoms with Crippen molar-refractivity contribution in [1.82, 2.24) is 4.98 Å². The summed E-state index contributed by atoms with van der Waals surface area (Å²) in [7, 11) is 5.62. The van der Waals surface area contributed by atoms with Crippen molar-refractivity contribution in [1.29, 1.82) is 0 Å². The molecule has 0 aliphatic heterocycles. The Bertz CT molecular complexity index is 294. The summed E-state index contributed by atoms with van der Waals surface area (Å²) in [5, 5.41) is 0. The average Bonchev–Trinajstić information content (AvgIpc) is 2.00. The molecule has 1 heterocycles.